The fraction of sp³-hybridized carbons (Fsp3) is 0.158. The van der Waals surface area contributed by atoms with Gasteiger partial charge in [-0.15, -0.1) is 13.2 Å². The molecule has 156 valence electrons. The number of anilines is 1. The molecule has 0 aromatic heterocycles. The summed E-state index contributed by atoms with van der Waals surface area (Å²) in [5, 5.41) is 24.3. The average molecular weight is 422 g/mol. The van der Waals surface area contributed by atoms with E-state index in [1.54, 1.807) is 0 Å². The van der Waals surface area contributed by atoms with Crippen LogP contribution in [0.25, 0.3) is 0 Å². The number of halogens is 3. The highest BCUT2D eigenvalue weighted by Crippen LogP contribution is 2.33. The van der Waals surface area contributed by atoms with Crippen LogP contribution in [-0.4, -0.2) is 46.6 Å². The number of rotatable bonds is 6. The monoisotopic (exact) mass is 422 g/mol. The van der Waals surface area contributed by atoms with Gasteiger partial charge in [-0.3, -0.25) is 9.59 Å². The van der Waals surface area contributed by atoms with Crippen molar-refractivity contribution in [3.8, 4) is 5.75 Å². The lowest BCUT2D eigenvalue weighted by atomic mass is 9.90. The maximum atomic E-state index is 12.3. The molecule has 2 aromatic rings. The molecule has 0 spiro atoms. The Balaban J connectivity index is 2.02. The molecule has 0 bridgehead atoms. The molecule has 0 fully saturated rings. The largest absolute Gasteiger partial charge is 0.573 e. The number of carboxylic acids is 2. The summed E-state index contributed by atoms with van der Waals surface area (Å²) in [4.78, 5) is 34.5. The number of hydrogen-bond acceptors (Lipinski definition) is 6. The molecule has 1 aliphatic rings. The van der Waals surface area contributed by atoms with Crippen LogP contribution in [-0.2, 0) is 9.59 Å². The third-order valence-corrected chi connectivity index (χ3v) is 4.29. The third kappa shape index (κ3) is 4.24. The van der Waals surface area contributed by atoms with E-state index in [1.165, 1.54) is 24.3 Å². The predicted molar refractivity (Wildman–Crippen MR) is 96.5 cm³/mol. The van der Waals surface area contributed by atoms with Crippen LogP contribution in [0.4, 0.5) is 18.9 Å². The Labute approximate surface area is 166 Å². The number of hydrogen-bond donors (Lipinski definition) is 2. The van der Waals surface area contributed by atoms with Crippen molar-refractivity contribution in [2.24, 2.45) is 11.0 Å². The van der Waals surface area contributed by atoms with Crippen LogP contribution in [0.2, 0.25) is 0 Å². The highest BCUT2D eigenvalue weighted by atomic mass is 19.4. The van der Waals surface area contributed by atoms with Gasteiger partial charge in [0.2, 0.25) is 0 Å². The molecule has 0 saturated heterocycles. The molecule has 2 aromatic carbocycles. The lowest BCUT2D eigenvalue weighted by Crippen LogP contribution is -2.44. The van der Waals surface area contributed by atoms with Gasteiger partial charge in [0.25, 0.3) is 0 Å². The van der Waals surface area contributed by atoms with Crippen molar-refractivity contribution in [1.82, 2.24) is 0 Å². The molecule has 1 heterocycles. The molecular formula is C19H13F3N2O6. The summed E-state index contributed by atoms with van der Waals surface area (Å²) >= 11 is 0. The molecule has 0 aliphatic carbocycles. The van der Waals surface area contributed by atoms with E-state index < -0.39 is 36.0 Å². The smallest absolute Gasteiger partial charge is 0.481 e. The van der Waals surface area contributed by atoms with Gasteiger partial charge in [-0.2, -0.15) is 5.10 Å². The van der Waals surface area contributed by atoms with E-state index in [4.69, 9.17) is 0 Å². The van der Waals surface area contributed by atoms with Gasteiger partial charge in [0.05, 0.1) is 11.4 Å². The van der Waals surface area contributed by atoms with Crippen LogP contribution >= 0.6 is 0 Å². The van der Waals surface area contributed by atoms with Crippen molar-refractivity contribution in [1.29, 1.82) is 0 Å². The summed E-state index contributed by atoms with van der Waals surface area (Å²) in [5.41, 5.74) is 0.612. The van der Waals surface area contributed by atoms with Crippen molar-refractivity contribution in [2.75, 3.05) is 5.01 Å². The zero-order chi connectivity index (χ0) is 22.1. The van der Waals surface area contributed by atoms with E-state index in [0.717, 1.165) is 29.3 Å². The molecular weight excluding hydrogens is 409 g/mol. The second-order valence-electron chi connectivity index (χ2n) is 6.21. The first kappa shape index (κ1) is 20.8. The number of ether oxygens (including phenoxy) is 1. The van der Waals surface area contributed by atoms with Crippen molar-refractivity contribution < 1.29 is 42.5 Å². The Morgan fingerprint density at radius 2 is 1.60 bits per heavy atom. The maximum absolute atomic E-state index is 12.3. The number of alkyl halides is 3. The average Bonchev–Trinajstić information content (AvgIpc) is 3.08. The van der Waals surface area contributed by atoms with Crippen molar-refractivity contribution in [2.45, 2.75) is 12.4 Å². The summed E-state index contributed by atoms with van der Waals surface area (Å²) < 4.78 is 40.7. The topological polar surface area (TPSA) is 117 Å². The van der Waals surface area contributed by atoms with Gasteiger partial charge in [0, 0.05) is 5.56 Å². The number of benzene rings is 2. The number of carbonyl (C=O) groups is 3. The van der Waals surface area contributed by atoms with E-state index in [-0.39, 0.29) is 11.4 Å². The van der Waals surface area contributed by atoms with Gasteiger partial charge in [0.1, 0.15) is 18.0 Å². The summed E-state index contributed by atoms with van der Waals surface area (Å²) in [5.74, 6) is -5.02. The summed E-state index contributed by atoms with van der Waals surface area (Å²) in [6.07, 6.45) is -4.31. The molecule has 8 nitrogen and oxygen atoms in total. The third-order valence-electron chi connectivity index (χ3n) is 4.29. The lowest BCUT2D eigenvalue weighted by molar-refractivity contribution is -0.274. The molecule has 3 rings (SSSR count). The quantitative estimate of drug-likeness (QED) is 0.688. The second kappa shape index (κ2) is 7.85. The summed E-state index contributed by atoms with van der Waals surface area (Å²) in [6.45, 7) is 0. The standard InChI is InChI=1S/C19H13F3N2O6/c20-19(21,22)30-13-7-5-12(6-8-13)24-16(18(28)29)14(17(26)27)15(23-24)11-3-1-10(9-25)2-4-11/h1-9,14,16H,(H,26,27)(H,28,29). The Morgan fingerprint density at radius 3 is 2.07 bits per heavy atom. The SMILES string of the molecule is O=Cc1ccc(C2=NN(c3ccc(OC(F)(F)F)cc3)C(C(=O)O)C2C(=O)O)cc1. The maximum Gasteiger partial charge on any atom is 0.573 e. The van der Waals surface area contributed by atoms with Crippen molar-refractivity contribution in [3.05, 3.63) is 59.7 Å². The molecule has 2 N–H and O–H groups in total. The Bertz CT molecular complexity index is 1000. The molecule has 2 atom stereocenters. The molecule has 11 heteroatoms. The predicted octanol–water partition coefficient (Wildman–Crippen LogP) is 2.78. The first-order valence-electron chi connectivity index (χ1n) is 8.35. The van der Waals surface area contributed by atoms with Crippen LogP contribution in [0.1, 0.15) is 15.9 Å². The van der Waals surface area contributed by atoms with Crippen molar-refractivity contribution >= 4 is 29.6 Å². The van der Waals surface area contributed by atoms with Gasteiger partial charge >= 0.3 is 18.3 Å². The number of nitrogens with zero attached hydrogens (tertiary/aromatic N) is 2. The van der Waals surface area contributed by atoms with Crippen LogP contribution in [0.3, 0.4) is 0 Å². The second-order valence-corrected chi connectivity index (χ2v) is 6.21. The van der Waals surface area contributed by atoms with E-state index >= 15 is 0 Å². The minimum atomic E-state index is -4.90. The van der Waals surface area contributed by atoms with E-state index in [9.17, 15) is 37.8 Å². The Hall–Kier alpha value is -3.89. The van der Waals surface area contributed by atoms with Crippen LogP contribution < -0.4 is 9.75 Å². The zero-order valence-electron chi connectivity index (χ0n) is 14.9. The molecule has 0 amide bonds. The van der Waals surface area contributed by atoms with Crippen LogP contribution in [0.15, 0.2) is 53.6 Å². The van der Waals surface area contributed by atoms with Gasteiger partial charge in [-0.05, 0) is 29.8 Å². The molecule has 30 heavy (non-hydrogen) atoms. The van der Waals surface area contributed by atoms with E-state index in [1.807, 2.05) is 0 Å². The molecule has 1 aliphatic heterocycles. The minimum Gasteiger partial charge on any atom is -0.481 e. The van der Waals surface area contributed by atoms with Crippen molar-refractivity contribution in [3.63, 3.8) is 0 Å². The van der Waals surface area contributed by atoms with Crippen LogP contribution in [0.5, 0.6) is 5.75 Å². The zero-order valence-corrected chi connectivity index (χ0v) is 14.9. The van der Waals surface area contributed by atoms with E-state index in [0.29, 0.717) is 17.4 Å². The Kier molecular flexibility index (Phi) is 5.45. The molecule has 0 radical (unpaired) electrons. The number of aliphatic carboxylic acids is 2. The molecule has 0 saturated carbocycles. The number of carbonyl (C=O) groups excluding carboxylic acids is 1. The fourth-order valence-electron chi connectivity index (χ4n) is 3.02. The number of carboxylic acid groups (broad SMARTS) is 2. The van der Waals surface area contributed by atoms with Gasteiger partial charge in [-0.1, -0.05) is 24.3 Å². The minimum absolute atomic E-state index is 0.0580. The fourth-order valence-corrected chi connectivity index (χ4v) is 3.02. The lowest BCUT2D eigenvalue weighted by Gasteiger charge is -2.22. The number of aldehydes is 1. The van der Waals surface area contributed by atoms with Gasteiger partial charge in [0.15, 0.2) is 6.04 Å². The first-order chi connectivity index (χ1) is 14.1. The summed E-state index contributed by atoms with van der Waals surface area (Å²) in [6, 6.07) is 8.26. The van der Waals surface area contributed by atoms with Gasteiger partial charge in [-0.25, -0.2) is 9.80 Å². The Morgan fingerprint density at radius 1 is 1.00 bits per heavy atom. The highest BCUT2D eigenvalue weighted by molar-refractivity contribution is 6.17. The number of hydrazone groups is 1. The first-order valence-corrected chi connectivity index (χ1v) is 8.35. The van der Waals surface area contributed by atoms with E-state index in [2.05, 4.69) is 9.84 Å². The molecule has 2 unspecified atom stereocenters. The van der Waals surface area contributed by atoms with Crippen LogP contribution in [0, 0.1) is 5.92 Å². The highest BCUT2D eigenvalue weighted by Gasteiger charge is 2.47. The normalized spacial score (nSPS) is 18.6. The van der Waals surface area contributed by atoms with Gasteiger partial charge < -0.3 is 14.9 Å². The summed E-state index contributed by atoms with van der Waals surface area (Å²) in [7, 11) is 0.